The van der Waals surface area contributed by atoms with Crippen molar-refractivity contribution in [2.75, 3.05) is 13.7 Å². The average Bonchev–Trinajstić information content (AvgIpc) is 2.77. The molecule has 6 nitrogen and oxygen atoms in total. The number of esters is 2. The second-order valence-corrected chi connectivity index (χ2v) is 6.79. The van der Waals surface area contributed by atoms with Crippen LogP contribution in [0.1, 0.15) is 31.0 Å². The average molecular weight is 404 g/mol. The Hall–Kier alpha value is -3.67. The molecule has 2 aromatic rings. The standard InChI is InChI=1S/C24H24N2O4/c1-16-20(23(27)29-3)22(19-13-7-8-14-25-19)21(17(2)26-16)24(28)30-15-9-12-18-10-5-4-6-11-18/h4-14,22,26H,15H2,1-3H3. The molecule has 0 spiro atoms. The van der Waals surface area contributed by atoms with Crippen molar-refractivity contribution in [1.82, 2.24) is 10.3 Å². The first kappa shape index (κ1) is 21.0. The molecule has 1 atom stereocenters. The molecular formula is C24H24N2O4. The highest BCUT2D eigenvalue weighted by Crippen LogP contribution is 2.38. The van der Waals surface area contributed by atoms with Crippen molar-refractivity contribution in [3.8, 4) is 0 Å². The van der Waals surface area contributed by atoms with Crippen molar-refractivity contribution in [1.29, 1.82) is 0 Å². The monoisotopic (exact) mass is 404 g/mol. The van der Waals surface area contributed by atoms with Crippen LogP contribution in [0.4, 0.5) is 0 Å². The van der Waals surface area contributed by atoms with Gasteiger partial charge in [0, 0.05) is 17.6 Å². The first-order valence-corrected chi connectivity index (χ1v) is 9.59. The molecule has 0 saturated heterocycles. The van der Waals surface area contributed by atoms with Crippen LogP contribution in [0.15, 0.2) is 83.3 Å². The van der Waals surface area contributed by atoms with Crippen molar-refractivity contribution in [2.24, 2.45) is 0 Å². The SMILES string of the molecule is COC(=O)C1=C(C)NC(C)=C(C(=O)OCC=Cc2ccccc2)C1c1ccccn1. The van der Waals surface area contributed by atoms with Gasteiger partial charge in [-0.15, -0.1) is 0 Å². The molecule has 1 aliphatic heterocycles. The Morgan fingerprint density at radius 2 is 1.67 bits per heavy atom. The minimum Gasteiger partial charge on any atom is -0.466 e. The molecule has 0 radical (unpaired) electrons. The van der Waals surface area contributed by atoms with Gasteiger partial charge in [-0.3, -0.25) is 4.98 Å². The van der Waals surface area contributed by atoms with E-state index in [0.717, 1.165) is 5.56 Å². The first-order valence-electron chi connectivity index (χ1n) is 9.59. The summed E-state index contributed by atoms with van der Waals surface area (Å²) in [6, 6.07) is 15.1. The minimum absolute atomic E-state index is 0.107. The summed E-state index contributed by atoms with van der Waals surface area (Å²) in [4.78, 5) is 29.9. The molecule has 0 bridgehead atoms. The van der Waals surface area contributed by atoms with Crippen LogP contribution in [0, 0.1) is 0 Å². The van der Waals surface area contributed by atoms with E-state index in [1.54, 1.807) is 38.3 Å². The van der Waals surface area contributed by atoms with Gasteiger partial charge in [-0.05, 0) is 37.6 Å². The number of allylic oxidation sites excluding steroid dienone is 2. The number of rotatable bonds is 6. The zero-order chi connectivity index (χ0) is 21.5. The van der Waals surface area contributed by atoms with Crippen LogP contribution < -0.4 is 5.32 Å². The van der Waals surface area contributed by atoms with E-state index in [4.69, 9.17) is 9.47 Å². The molecule has 1 aromatic carbocycles. The molecule has 6 heteroatoms. The Balaban J connectivity index is 1.86. The molecular weight excluding hydrogens is 380 g/mol. The van der Waals surface area contributed by atoms with E-state index in [2.05, 4.69) is 10.3 Å². The van der Waals surface area contributed by atoms with Crippen LogP contribution in [0.25, 0.3) is 6.08 Å². The van der Waals surface area contributed by atoms with E-state index in [0.29, 0.717) is 28.2 Å². The van der Waals surface area contributed by atoms with Gasteiger partial charge in [0.2, 0.25) is 0 Å². The highest BCUT2D eigenvalue weighted by Gasteiger charge is 2.38. The van der Waals surface area contributed by atoms with Crippen LogP contribution in [-0.2, 0) is 19.1 Å². The number of hydrogen-bond donors (Lipinski definition) is 1. The fourth-order valence-corrected chi connectivity index (χ4v) is 3.44. The van der Waals surface area contributed by atoms with Crippen LogP contribution in [-0.4, -0.2) is 30.6 Å². The Morgan fingerprint density at radius 3 is 2.30 bits per heavy atom. The van der Waals surface area contributed by atoms with E-state index in [9.17, 15) is 9.59 Å². The van der Waals surface area contributed by atoms with Crippen molar-refractivity contribution in [3.63, 3.8) is 0 Å². The van der Waals surface area contributed by atoms with E-state index in [1.165, 1.54) is 7.11 Å². The summed E-state index contributed by atoms with van der Waals surface area (Å²) in [6.07, 6.45) is 5.29. The lowest BCUT2D eigenvalue weighted by molar-refractivity contribution is -0.138. The molecule has 154 valence electrons. The maximum atomic E-state index is 13.0. The number of carbonyl (C=O) groups excluding carboxylic acids is 2. The summed E-state index contributed by atoms with van der Waals surface area (Å²) in [5.74, 6) is -1.70. The number of hydrogen-bond acceptors (Lipinski definition) is 6. The molecule has 1 N–H and O–H groups in total. The molecule has 3 rings (SSSR count). The molecule has 1 aliphatic rings. The van der Waals surface area contributed by atoms with Crippen molar-refractivity contribution in [2.45, 2.75) is 19.8 Å². The van der Waals surface area contributed by atoms with Gasteiger partial charge in [-0.25, -0.2) is 9.59 Å². The van der Waals surface area contributed by atoms with Gasteiger partial charge in [-0.2, -0.15) is 0 Å². The normalized spacial score (nSPS) is 16.4. The van der Waals surface area contributed by atoms with Gasteiger partial charge >= 0.3 is 11.9 Å². The van der Waals surface area contributed by atoms with Gasteiger partial charge in [0.1, 0.15) is 6.61 Å². The summed E-state index contributed by atoms with van der Waals surface area (Å²) in [5, 5.41) is 3.10. The third kappa shape index (κ3) is 4.66. The van der Waals surface area contributed by atoms with Gasteiger partial charge in [0.25, 0.3) is 0 Å². The van der Waals surface area contributed by atoms with Crippen LogP contribution in [0.5, 0.6) is 0 Å². The predicted molar refractivity (Wildman–Crippen MR) is 114 cm³/mol. The highest BCUT2D eigenvalue weighted by atomic mass is 16.5. The number of methoxy groups -OCH3 is 1. The molecule has 0 fully saturated rings. The van der Waals surface area contributed by atoms with Crippen molar-refractivity contribution in [3.05, 3.63) is 94.6 Å². The van der Waals surface area contributed by atoms with Crippen molar-refractivity contribution >= 4 is 18.0 Å². The number of carbonyl (C=O) groups is 2. The predicted octanol–water partition coefficient (Wildman–Crippen LogP) is 3.75. The highest BCUT2D eigenvalue weighted by molar-refractivity contribution is 5.99. The zero-order valence-corrected chi connectivity index (χ0v) is 17.2. The van der Waals surface area contributed by atoms with Gasteiger partial charge in [0.05, 0.1) is 29.9 Å². The number of nitrogens with zero attached hydrogens (tertiary/aromatic N) is 1. The second-order valence-electron chi connectivity index (χ2n) is 6.79. The van der Waals surface area contributed by atoms with Crippen LogP contribution in [0.2, 0.25) is 0 Å². The van der Waals surface area contributed by atoms with Crippen LogP contribution >= 0.6 is 0 Å². The summed E-state index contributed by atoms with van der Waals surface area (Å²) in [7, 11) is 1.32. The minimum atomic E-state index is -0.675. The zero-order valence-electron chi connectivity index (χ0n) is 17.2. The maximum absolute atomic E-state index is 13.0. The Labute approximate surface area is 175 Å². The largest absolute Gasteiger partial charge is 0.466 e. The fraction of sp³-hybridized carbons (Fsp3) is 0.208. The van der Waals surface area contributed by atoms with Gasteiger partial charge in [-0.1, -0.05) is 42.5 Å². The number of dihydropyridines is 1. The number of aromatic nitrogens is 1. The number of pyridine rings is 1. The molecule has 2 heterocycles. The number of ether oxygens (including phenoxy) is 2. The Bertz CT molecular complexity index is 1010. The lowest BCUT2D eigenvalue weighted by atomic mass is 9.83. The third-order valence-corrected chi connectivity index (χ3v) is 4.79. The molecule has 0 saturated carbocycles. The van der Waals surface area contributed by atoms with E-state index in [1.807, 2.05) is 42.5 Å². The summed E-state index contributed by atoms with van der Waals surface area (Å²) >= 11 is 0. The number of nitrogens with one attached hydrogen (secondary N) is 1. The van der Waals surface area contributed by atoms with E-state index < -0.39 is 17.9 Å². The number of benzene rings is 1. The van der Waals surface area contributed by atoms with Gasteiger partial charge in [0.15, 0.2) is 0 Å². The molecule has 1 aromatic heterocycles. The second kappa shape index (κ2) is 9.69. The quantitative estimate of drug-likeness (QED) is 0.739. The van der Waals surface area contributed by atoms with Crippen molar-refractivity contribution < 1.29 is 19.1 Å². The fourth-order valence-electron chi connectivity index (χ4n) is 3.44. The Morgan fingerprint density at radius 1 is 1.00 bits per heavy atom. The van der Waals surface area contributed by atoms with Gasteiger partial charge < -0.3 is 14.8 Å². The topological polar surface area (TPSA) is 77.5 Å². The summed E-state index contributed by atoms with van der Waals surface area (Å²) in [5.41, 5.74) is 3.51. The van der Waals surface area contributed by atoms with E-state index in [-0.39, 0.29) is 6.61 Å². The van der Waals surface area contributed by atoms with Crippen LogP contribution in [0.3, 0.4) is 0 Å². The molecule has 0 aliphatic carbocycles. The lowest BCUT2D eigenvalue weighted by Crippen LogP contribution is -2.32. The maximum Gasteiger partial charge on any atom is 0.337 e. The van der Waals surface area contributed by atoms with E-state index >= 15 is 0 Å². The summed E-state index contributed by atoms with van der Waals surface area (Å²) < 4.78 is 10.5. The summed E-state index contributed by atoms with van der Waals surface area (Å²) in [6.45, 7) is 3.66. The lowest BCUT2D eigenvalue weighted by Gasteiger charge is -2.29. The smallest absolute Gasteiger partial charge is 0.337 e. The molecule has 0 amide bonds. The molecule has 1 unspecified atom stereocenters. The molecule has 30 heavy (non-hydrogen) atoms. The Kier molecular flexibility index (Phi) is 6.80. The third-order valence-electron chi connectivity index (χ3n) is 4.79. The first-order chi connectivity index (χ1) is 14.5.